The molecule has 2 atom stereocenters. The van der Waals surface area contributed by atoms with Gasteiger partial charge < -0.3 is 10.4 Å². The van der Waals surface area contributed by atoms with Gasteiger partial charge in [-0.2, -0.15) is 0 Å². The molecule has 0 saturated heterocycles. The number of aliphatic hydroxyl groups excluding tert-OH is 1. The second-order valence-corrected chi connectivity index (χ2v) is 6.01. The van der Waals surface area contributed by atoms with E-state index in [9.17, 15) is 4.79 Å². The molecule has 1 amide bonds. The van der Waals surface area contributed by atoms with E-state index in [0.29, 0.717) is 17.5 Å². The van der Waals surface area contributed by atoms with Crippen molar-refractivity contribution in [2.45, 2.75) is 38.6 Å². The molecule has 1 aliphatic rings. The first-order valence-corrected chi connectivity index (χ1v) is 7.56. The van der Waals surface area contributed by atoms with Crippen molar-refractivity contribution in [3.05, 3.63) is 21.9 Å². The summed E-state index contributed by atoms with van der Waals surface area (Å²) in [6.45, 7) is 2.09. The normalized spacial score (nSPS) is 22.4. The van der Waals surface area contributed by atoms with Gasteiger partial charge in [0.25, 0.3) is 5.91 Å². The Kier molecular flexibility index (Phi) is 5.00. The Hall–Kier alpha value is -1.31. The van der Waals surface area contributed by atoms with Crippen LogP contribution in [0, 0.1) is 17.8 Å². The van der Waals surface area contributed by atoms with Crippen LogP contribution in [0.3, 0.4) is 0 Å². The van der Waals surface area contributed by atoms with E-state index in [4.69, 9.17) is 5.11 Å². The quantitative estimate of drug-likeness (QED) is 0.816. The molecular weight excluding hydrogens is 258 g/mol. The van der Waals surface area contributed by atoms with Crippen LogP contribution in [0.1, 0.15) is 47.8 Å². The number of carbonyl (C=O) groups excluding carboxylic acids is 1. The van der Waals surface area contributed by atoms with Crippen LogP contribution >= 0.6 is 11.3 Å². The standard InChI is InChI=1S/C15H19NO2S/c1-11-4-2-5-13(8-11)16-15(18)12-9-14(19-10-12)6-3-7-17/h9-11,13,17H,2,4-5,7-8H2,1H3,(H,16,18). The Morgan fingerprint density at radius 3 is 3.16 bits per heavy atom. The monoisotopic (exact) mass is 277 g/mol. The lowest BCUT2D eigenvalue weighted by Gasteiger charge is -2.27. The smallest absolute Gasteiger partial charge is 0.252 e. The molecule has 19 heavy (non-hydrogen) atoms. The highest BCUT2D eigenvalue weighted by molar-refractivity contribution is 7.10. The molecule has 2 rings (SSSR count). The van der Waals surface area contributed by atoms with Gasteiger partial charge in [-0.15, -0.1) is 11.3 Å². The molecule has 2 N–H and O–H groups in total. The van der Waals surface area contributed by atoms with Gasteiger partial charge in [0.05, 0.1) is 10.4 Å². The van der Waals surface area contributed by atoms with Crippen LogP contribution < -0.4 is 5.32 Å². The van der Waals surface area contributed by atoms with Crippen molar-refractivity contribution in [2.75, 3.05) is 6.61 Å². The van der Waals surface area contributed by atoms with Crippen molar-refractivity contribution in [3.8, 4) is 11.8 Å². The number of nitrogens with one attached hydrogen (secondary N) is 1. The van der Waals surface area contributed by atoms with E-state index in [-0.39, 0.29) is 12.5 Å². The molecule has 1 aromatic heterocycles. The van der Waals surface area contributed by atoms with Crippen molar-refractivity contribution in [3.63, 3.8) is 0 Å². The second-order valence-electron chi connectivity index (χ2n) is 5.10. The van der Waals surface area contributed by atoms with Crippen molar-refractivity contribution in [1.82, 2.24) is 5.32 Å². The van der Waals surface area contributed by atoms with Crippen LogP contribution in [0.5, 0.6) is 0 Å². The molecule has 2 unspecified atom stereocenters. The van der Waals surface area contributed by atoms with Gasteiger partial charge in [0.1, 0.15) is 6.61 Å². The zero-order valence-corrected chi connectivity index (χ0v) is 11.9. The Morgan fingerprint density at radius 2 is 2.42 bits per heavy atom. The molecular formula is C15H19NO2S. The third-order valence-corrected chi connectivity index (χ3v) is 4.27. The maximum absolute atomic E-state index is 12.1. The average molecular weight is 277 g/mol. The van der Waals surface area contributed by atoms with Crippen LogP contribution in [0.15, 0.2) is 11.4 Å². The van der Waals surface area contributed by atoms with Gasteiger partial charge in [-0.25, -0.2) is 0 Å². The van der Waals surface area contributed by atoms with E-state index >= 15 is 0 Å². The summed E-state index contributed by atoms with van der Waals surface area (Å²) in [6, 6.07) is 2.10. The number of hydrogen-bond acceptors (Lipinski definition) is 3. The summed E-state index contributed by atoms with van der Waals surface area (Å²) < 4.78 is 0. The summed E-state index contributed by atoms with van der Waals surface area (Å²) in [6.07, 6.45) is 4.62. The number of thiophene rings is 1. The first-order valence-electron chi connectivity index (χ1n) is 6.68. The zero-order chi connectivity index (χ0) is 13.7. The summed E-state index contributed by atoms with van der Waals surface area (Å²) >= 11 is 1.43. The Morgan fingerprint density at radius 1 is 1.58 bits per heavy atom. The highest BCUT2D eigenvalue weighted by atomic mass is 32.1. The zero-order valence-electron chi connectivity index (χ0n) is 11.1. The average Bonchev–Trinajstić information content (AvgIpc) is 2.85. The third-order valence-electron chi connectivity index (χ3n) is 3.42. The maximum atomic E-state index is 12.1. The molecule has 1 fully saturated rings. The molecule has 1 heterocycles. The Bertz CT molecular complexity index is 498. The first-order chi connectivity index (χ1) is 9.19. The highest BCUT2D eigenvalue weighted by Crippen LogP contribution is 2.24. The lowest BCUT2D eigenvalue weighted by molar-refractivity contribution is 0.0922. The Labute approximate surface area is 118 Å². The summed E-state index contributed by atoms with van der Waals surface area (Å²) in [5.41, 5.74) is 0.672. The fraction of sp³-hybridized carbons (Fsp3) is 0.533. The number of rotatable bonds is 2. The number of carbonyl (C=O) groups is 1. The minimum absolute atomic E-state index is 0.00704. The molecule has 0 aliphatic heterocycles. The van der Waals surface area contributed by atoms with Gasteiger partial charge in [-0.3, -0.25) is 4.79 Å². The maximum Gasteiger partial charge on any atom is 0.252 e. The van der Waals surface area contributed by atoms with Crippen LogP contribution in [-0.4, -0.2) is 23.7 Å². The summed E-state index contributed by atoms with van der Waals surface area (Å²) in [4.78, 5) is 12.9. The Balaban J connectivity index is 1.94. The molecule has 0 radical (unpaired) electrons. The third kappa shape index (κ3) is 4.09. The van der Waals surface area contributed by atoms with E-state index in [0.717, 1.165) is 17.7 Å². The fourth-order valence-corrected chi connectivity index (χ4v) is 3.24. The lowest BCUT2D eigenvalue weighted by atomic mass is 9.87. The predicted octanol–water partition coefficient (Wildman–Crippen LogP) is 2.40. The molecule has 0 bridgehead atoms. The molecule has 0 spiro atoms. The second kappa shape index (κ2) is 6.74. The number of amides is 1. The van der Waals surface area contributed by atoms with Gasteiger partial charge in [-0.05, 0) is 24.8 Å². The van der Waals surface area contributed by atoms with Gasteiger partial charge in [0.2, 0.25) is 0 Å². The van der Waals surface area contributed by atoms with Gasteiger partial charge in [0.15, 0.2) is 0 Å². The van der Waals surface area contributed by atoms with Crippen molar-refractivity contribution >= 4 is 17.2 Å². The predicted molar refractivity (Wildman–Crippen MR) is 77.2 cm³/mol. The number of hydrogen-bond donors (Lipinski definition) is 2. The molecule has 1 saturated carbocycles. The molecule has 4 heteroatoms. The van der Waals surface area contributed by atoms with Crippen LogP contribution in [-0.2, 0) is 0 Å². The van der Waals surface area contributed by atoms with Gasteiger partial charge >= 0.3 is 0 Å². The summed E-state index contributed by atoms with van der Waals surface area (Å²) in [5, 5.41) is 13.6. The van der Waals surface area contributed by atoms with Gasteiger partial charge in [0, 0.05) is 11.4 Å². The molecule has 0 aromatic carbocycles. The SMILES string of the molecule is CC1CCCC(NC(=O)c2csc(C#CCO)c2)C1. The first kappa shape index (κ1) is 14.1. The summed E-state index contributed by atoms with van der Waals surface area (Å²) in [7, 11) is 0. The van der Waals surface area contributed by atoms with Crippen LogP contribution in [0.2, 0.25) is 0 Å². The highest BCUT2D eigenvalue weighted by Gasteiger charge is 2.21. The lowest BCUT2D eigenvalue weighted by Crippen LogP contribution is -2.37. The fourth-order valence-electron chi connectivity index (χ4n) is 2.48. The minimum atomic E-state index is -0.153. The van der Waals surface area contributed by atoms with Crippen LogP contribution in [0.4, 0.5) is 0 Å². The molecule has 1 aliphatic carbocycles. The van der Waals surface area contributed by atoms with E-state index in [1.54, 1.807) is 6.07 Å². The van der Waals surface area contributed by atoms with E-state index in [1.165, 1.54) is 24.2 Å². The summed E-state index contributed by atoms with van der Waals surface area (Å²) in [5.74, 6) is 6.10. The minimum Gasteiger partial charge on any atom is -0.384 e. The topological polar surface area (TPSA) is 49.3 Å². The molecule has 102 valence electrons. The van der Waals surface area contributed by atoms with Crippen molar-refractivity contribution < 1.29 is 9.90 Å². The largest absolute Gasteiger partial charge is 0.384 e. The van der Waals surface area contributed by atoms with E-state index in [1.807, 2.05) is 5.38 Å². The molecule has 1 aromatic rings. The van der Waals surface area contributed by atoms with Gasteiger partial charge in [-0.1, -0.05) is 31.6 Å². The van der Waals surface area contributed by atoms with Crippen molar-refractivity contribution in [2.24, 2.45) is 5.92 Å². The van der Waals surface area contributed by atoms with Crippen LogP contribution in [0.25, 0.3) is 0 Å². The van der Waals surface area contributed by atoms with Crippen molar-refractivity contribution in [1.29, 1.82) is 0 Å². The van der Waals surface area contributed by atoms with E-state index < -0.39 is 0 Å². The van der Waals surface area contributed by atoms with E-state index in [2.05, 4.69) is 24.1 Å². The molecule has 3 nitrogen and oxygen atoms in total. The number of aliphatic hydroxyl groups is 1.